The summed E-state index contributed by atoms with van der Waals surface area (Å²) in [5, 5.41) is 3.01. The standard InChI is InChI=1S/C14H23N3O/c1-9-8-11(6-7-12(9)17-15)13(18)16-10(2)14(3,4)5/h6-8,10,17H,15H2,1-5H3,(H,16,18). The minimum atomic E-state index is -0.0518. The van der Waals surface area contributed by atoms with Gasteiger partial charge in [0.05, 0.1) is 5.69 Å². The molecule has 1 amide bonds. The van der Waals surface area contributed by atoms with Crippen molar-refractivity contribution in [3.8, 4) is 0 Å². The van der Waals surface area contributed by atoms with E-state index in [0.29, 0.717) is 5.56 Å². The van der Waals surface area contributed by atoms with E-state index in [-0.39, 0.29) is 17.4 Å². The molecule has 18 heavy (non-hydrogen) atoms. The van der Waals surface area contributed by atoms with Crippen molar-refractivity contribution < 1.29 is 4.79 Å². The number of hydrazine groups is 1. The van der Waals surface area contributed by atoms with E-state index in [9.17, 15) is 4.79 Å². The fourth-order valence-corrected chi connectivity index (χ4v) is 1.46. The van der Waals surface area contributed by atoms with Gasteiger partial charge in [-0.25, -0.2) is 0 Å². The van der Waals surface area contributed by atoms with Crippen molar-refractivity contribution in [2.75, 3.05) is 5.43 Å². The van der Waals surface area contributed by atoms with Crippen molar-refractivity contribution in [1.82, 2.24) is 5.32 Å². The fourth-order valence-electron chi connectivity index (χ4n) is 1.46. The predicted molar refractivity (Wildman–Crippen MR) is 75.4 cm³/mol. The largest absolute Gasteiger partial charge is 0.349 e. The molecular weight excluding hydrogens is 226 g/mol. The van der Waals surface area contributed by atoms with Crippen LogP contribution < -0.4 is 16.6 Å². The molecule has 0 aliphatic heterocycles. The topological polar surface area (TPSA) is 67.2 Å². The summed E-state index contributed by atoms with van der Waals surface area (Å²) in [5.41, 5.74) is 5.08. The van der Waals surface area contributed by atoms with E-state index >= 15 is 0 Å². The Kier molecular flexibility index (Phi) is 4.35. The highest BCUT2D eigenvalue weighted by Crippen LogP contribution is 2.20. The van der Waals surface area contributed by atoms with E-state index in [2.05, 4.69) is 31.5 Å². The lowest BCUT2D eigenvalue weighted by Gasteiger charge is -2.28. The number of hydrogen-bond acceptors (Lipinski definition) is 3. The molecule has 0 aliphatic rings. The van der Waals surface area contributed by atoms with Crippen LogP contribution in [0.4, 0.5) is 5.69 Å². The second kappa shape index (κ2) is 5.40. The van der Waals surface area contributed by atoms with Crippen molar-refractivity contribution in [2.24, 2.45) is 11.3 Å². The smallest absolute Gasteiger partial charge is 0.251 e. The lowest BCUT2D eigenvalue weighted by Crippen LogP contribution is -2.41. The molecule has 1 aromatic rings. The molecule has 100 valence electrons. The van der Waals surface area contributed by atoms with Crippen LogP contribution in [0.1, 0.15) is 43.6 Å². The zero-order valence-electron chi connectivity index (χ0n) is 11.8. The number of carbonyl (C=O) groups is 1. The van der Waals surface area contributed by atoms with E-state index in [1.807, 2.05) is 26.0 Å². The summed E-state index contributed by atoms with van der Waals surface area (Å²) >= 11 is 0. The minimum Gasteiger partial charge on any atom is -0.349 e. The molecule has 0 saturated heterocycles. The highest BCUT2D eigenvalue weighted by molar-refractivity contribution is 5.95. The maximum atomic E-state index is 12.1. The highest BCUT2D eigenvalue weighted by atomic mass is 16.1. The molecule has 0 heterocycles. The van der Waals surface area contributed by atoms with Gasteiger partial charge in [-0.05, 0) is 43.0 Å². The van der Waals surface area contributed by atoms with Gasteiger partial charge in [0.2, 0.25) is 0 Å². The van der Waals surface area contributed by atoms with Gasteiger partial charge in [-0.3, -0.25) is 10.6 Å². The summed E-state index contributed by atoms with van der Waals surface area (Å²) in [6, 6.07) is 5.52. The Morgan fingerprint density at radius 2 is 1.94 bits per heavy atom. The Balaban J connectivity index is 2.82. The quantitative estimate of drug-likeness (QED) is 0.569. The molecule has 1 unspecified atom stereocenters. The van der Waals surface area contributed by atoms with Crippen LogP contribution in [0, 0.1) is 12.3 Å². The molecule has 0 aromatic heterocycles. The summed E-state index contributed by atoms with van der Waals surface area (Å²) in [7, 11) is 0. The highest BCUT2D eigenvalue weighted by Gasteiger charge is 2.22. The normalized spacial score (nSPS) is 13.0. The molecule has 0 bridgehead atoms. The Hall–Kier alpha value is -1.55. The van der Waals surface area contributed by atoms with Gasteiger partial charge in [-0.1, -0.05) is 20.8 Å². The van der Waals surface area contributed by atoms with E-state index in [4.69, 9.17) is 5.84 Å². The lowest BCUT2D eigenvalue weighted by molar-refractivity contribution is 0.0910. The Labute approximate surface area is 109 Å². The third kappa shape index (κ3) is 3.47. The summed E-state index contributed by atoms with van der Waals surface area (Å²) in [6.07, 6.45) is 0. The third-order valence-corrected chi connectivity index (χ3v) is 3.29. The molecule has 0 saturated carbocycles. The summed E-state index contributed by atoms with van der Waals surface area (Å²) in [4.78, 5) is 12.1. The fraction of sp³-hybridized carbons (Fsp3) is 0.500. The summed E-state index contributed by atoms with van der Waals surface area (Å²) < 4.78 is 0. The first kappa shape index (κ1) is 14.5. The van der Waals surface area contributed by atoms with E-state index in [1.165, 1.54) is 0 Å². The van der Waals surface area contributed by atoms with Gasteiger partial charge in [0.15, 0.2) is 0 Å². The number of amides is 1. The van der Waals surface area contributed by atoms with Crippen LogP contribution in [0.3, 0.4) is 0 Å². The van der Waals surface area contributed by atoms with Crippen molar-refractivity contribution in [3.05, 3.63) is 29.3 Å². The monoisotopic (exact) mass is 249 g/mol. The molecule has 0 aliphatic carbocycles. The van der Waals surface area contributed by atoms with Crippen molar-refractivity contribution in [3.63, 3.8) is 0 Å². The number of nitrogen functional groups attached to an aromatic ring is 1. The van der Waals surface area contributed by atoms with E-state index < -0.39 is 0 Å². The molecule has 4 heteroatoms. The molecular formula is C14H23N3O. The Morgan fingerprint density at radius 1 is 1.33 bits per heavy atom. The molecule has 0 radical (unpaired) electrons. The van der Waals surface area contributed by atoms with Gasteiger partial charge in [0.25, 0.3) is 5.91 Å². The molecule has 1 atom stereocenters. The molecule has 4 nitrogen and oxygen atoms in total. The number of nitrogens with one attached hydrogen (secondary N) is 2. The zero-order valence-corrected chi connectivity index (χ0v) is 11.8. The first-order valence-electron chi connectivity index (χ1n) is 6.14. The number of nitrogens with two attached hydrogens (primary N) is 1. The molecule has 0 spiro atoms. The summed E-state index contributed by atoms with van der Waals surface area (Å²) in [6.45, 7) is 10.2. The van der Waals surface area contributed by atoms with Crippen LogP contribution >= 0.6 is 0 Å². The van der Waals surface area contributed by atoms with Crippen LogP contribution in [0.25, 0.3) is 0 Å². The number of carbonyl (C=O) groups excluding carboxylic acids is 1. The van der Waals surface area contributed by atoms with E-state index in [0.717, 1.165) is 11.3 Å². The van der Waals surface area contributed by atoms with Gasteiger partial charge in [0.1, 0.15) is 0 Å². The zero-order chi connectivity index (χ0) is 13.9. The van der Waals surface area contributed by atoms with Crippen molar-refractivity contribution >= 4 is 11.6 Å². The van der Waals surface area contributed by atoms with Crippen LogP contribution in [0.2, 0.25) is 0 Å². The maximum absolute atomic E-state index is 12.1. The number of aryl methyl sites for hydroxylation is 1. The summed E-state index contributed by atoms with van der Waals surface area (Å²) in [5.74, 6) is 5.31. The second-order valence-corrected chi connectivity index (χ2v) is 5.74. The average molecular weight is 249 g/mol. The molecule has 4 N–H and O–H groups in total. The Morgan fingerprint density at radius 3 is 2.39 bits per heavy atom. The van der Waals surface area contributed by atoms with E-state index in [1.54, 1.807) is 6.07 Å². The SMILES string of the molecule is Cc1cc(C(=O)NC(C)C(C)(C)C)ccc1NN. The number of benzene rings is 1. The van der Waals surface area contributed by atoms with Gasteiger partial charge in [-0.2, -0.15) is 0 Å². The van der Waals surface area contributed by atoms with Crippen LogP contribution in [-0.4, -0.2) is 11.9 Å². The molecule has 1 aromatic carbocycles. The Bertz CT molecular complexity index is 435. The van der Waals surface area contributed by atoms with Crippen LogP contribution in [-0.2, 0) is 0 Å². The number of rotatable bonds is 3. The van der Waals surface area contributed by atoms with Crippen LogP contribution in [0.15, 0.2) is 18.2 Å². The predicted octanol–water partition coefficient (Wildman–Crippen LogP) is 2.45. The lowest BCUT2D eigenvalue weighted by atomic mass is 9.88. The maximum Gasteiger partial charge on any atom is 0.251 e. The first-order valence-corrected chi connectivity index (χ1v) is 6.14. The van der Waals surface area contributed by atoms with Crippen LogP contribution in [0.5, 0.6) is 0 Å². The average Bonchev–Trinajstić information content (AvgIpc) is 2.27. The molecule has 0 fully saturated rings. The number of anilines is 1. The first-order chi connectivity index (χ1) is 8.25. The van der Waals surface area contributed by atoms with Gasteiger partial charge < -0.3 is 10.7 Å². The van der Waals surface area contributed by atoms with Crippen molar-refractivity contribution in [1.29, 1.82) is 0 Å². The van der Waals surface area contributed by atoms with Crippen molar-refractivity contribution in [2.45, 2.75) is 40.7 Å². The van der Waals surface area contributed by atoms with Gasteiger partial charge in [0, 0.05) is 11.6 Å². The molecule has 1 rings (SSSR count). The second-order valence-electron chi connectivity index (χ2n) is 5.74. The minimum absolute atomic E-state index is 0.0451. The van der Waals surface area contributed by atoms with Gasteiger partial charge >= 0.3 is 0 Å². The van der Waals surface area contributed by atoms with Gasteiger partial charge in [-0.15, -0.1) is 0 Å². The third-order valence-electron chi connectivity index (χ3n) is 3.29. The number of hydrogen-bond donors (Lipinski definition) is 3.